The van der Waals surface area contributed by atoms with Gasteiger partial charge >= 0.3 is 5.97 Å². The Labute approximate surface area is 118 Å². The monoisotopic (exact) mass is 270 g/mol. The number of unbranched alkanes of at least 4 members (excludes halogenated alkanes) is 1. The van der Waals surface area contributed by atoms with E-state index in [4.69, 9.17) is 5.11 Å². The maximum absolute atomic E-state index is 11.3. The highest BCUT2D eigenvalue weighted by molar-refractivity contribution is 5.84. The molecule has 2 aromatic rings. The third-order valence-electron chi connectivity index (χ3n) is 3.52. The molecule has 104 valence electrons. The molecule has 0 bridgehead atoms. The summed E-state index contributed by atoms with van der Waals surface area (Å²) in [6.45, 7) is 0. The lowest BCUT2D eigenvalue weighted by molar-refractivity contribution is -0.137. The van der Waals surface area contributed by atoms with E-state index in [-0.39, 0.29) is 12.3 Å². The topological polar surface area (TPSA) is 54.4 Å². The Balaban J connectivity index is 2.05. The average Bonchev–Trinajstić information content (AvgIpc) is 2.46. The summed E-state index contributed by atoms with van der Waals surface area (Å²) in [5.41, 5.74) is 1.01. The molecule has 0 fully saturated rings. The summed E-state index contributed by atoms with van der Waals surface area (Å²) < 4.78 is 0. The van der Waals surface area contributed by atoms with Crippen molar-refractivity contribution < 1.29 is 14.7 Å². The third-order valence-corrected chi connectivity index (χ3v) is 3.52. The summed E-state index contributed by atoms with van der Waals surface area (Å²) in [4.78, 5) is 21.7. The lowest BCUT2D eigenvalue weighted by Crippen LogP contribution is -2.01. The first kappa shape index (κ1) is 14.3. The summed E-state index contributed by atoms with van der Waals surface area (Å²) >= 11 is 0. The summed E-state index contributed by atoms with van der Waals surface area (Å²) in [5.74, 6) is -0.924. The number of aldehydes is 1. The Morgan fingerprint density at radius 2 is 1.85 bits per heavy atom. The van der Waals surface area contributed by atoms with Crippen molar-refractivity contribution in [2.75, 3.05) is 0 Å². The molecule has 3 heteroatoms. The number of fused-ring (bicyclic) bond motifs is 1. The number of carboxylic acids is 1. The molecule has 1 atom stereocenters. The molecule has 3 nitrogen and oxygen atoms in total. The van der Waals surface area contributed by atoms with E-state index in [0.717, 1.165) is 29.0 Å². The number of aliphatic carboxylic acids is 1. The first-order chi connectivity index (χ1) is 9.70. The Bertz CT molecular complexity index is 604. The van der Waals surface area contributed by atoms with Gasteiger partial charge in [0.25, 0.3) is 0 Å². The van der Waals surface area contributed by atoms with E-state index in [0.29, 0.717) is 12.8 Å². The Morgan fingerprint density at radius 3 is 2.55 bits per heavy atom. The lowest BCUT2D eigenvalue weighted by Gasteiger charge is -2.11. The van der Waals surface area contributed by atoms with Crippen LogP contribution in [0.25, 0.3) is 10.8 Å². The van der Waals surface area contributed by atoms with Crippen molar-refractivity contribution in [1.82, 2.24) is 0 Å². The number of carbonyl (C=O) groups excluding carboxylic acids is 1. The van der Waals surface area contributed by atoms with Crippen LogP contribution in [0.5, 0.6) is 0 Å². The number of hydrogen-bond donors (Lipinski definition) is 1. The minimum Gasteiger partial charge on any atom is -0.481 e. The summed E-state index contributed by atoms with van der Waals surface area (Å²) in [5, 5.41) is 10.9. The second-order valence-electron chi connectivity index (χ2n) is 4.99. The molecule has 0 aliphatic heterocycles. The molecule has 0 aromatic heterocycles. The van der Waals surface area contributed by atoms with Crippen molar-refractivity contribution in [3.8, 4) is 0 Å². The molecule has 0 heterocycles. The van der Waals surface area contributed by atoms with Crippen LogP contribution in [-0.2, 0) is 9.59 Å². The van der Waals surface area contributed by atoms with Crippen molar-refractivity contribution in [1.29, 1.82) is 0 Å². The number of rotatable bonds is 7. The second kappa shape index (κ2) is 6.85. The van der Waals surface area contributed by atoms with Crippen molar-refractivity contribution >= 4 is 23.0 Å². The highest BCUT2D eigenvalue weighted by atomic mass is 16.4. The molecule has 0 saturated heterocycles. The van der Waals surface area contributed by atoms with E-state index >= 15 is 0 Å². The number of carboxylic acid groups (broad SMARTS) is 1. The fourth-order valence-corrected chi connectivity index (χ4v) is 2.39. The van der Waals surface area contributed by atoms with Crippen LogP contribution < -0.4 is 0 Å². The molecule has 0 spiro atoms. The Kier molecular flexibility index (Phi) is 4.88. The lowest BCUT2D eigenvalue weighted by atomic mass is 9.93. The molecule has 0 radical (unpaired) electrons. The van der Waals surface area contributed by atoms with Crippen LogP contribution in [0, 0.1) is 0 Å². The highest BCUT2D eigenvalue weighted by Gasteiger charge is 2.11. The van der Waals surface area contributed by atoms with Crippen molar-refractivity contribution in [3.63, 3.8) is 0 Å². The van der Waals surface area contributed by atoms with Crippen LogP contribution in [0.15, 0.2) is 42.5 Å². The van der Waals surface area contributed by atoms with E-state index < -0.39 is 5.97 Å². The van der Waals surface area contributed by atoms with E-state index in [1.807, 2.05) is 42.5 Å². The minimum atomic E-state index is -0.779. The number of hydrogen-bond acceptors (Lipinski definition) is 2. The van der Waals surface area contributed by atoms with Crippen molar-refractivity contribution in [3.05, 3.63) is 48.0 Å². The largest absolute Gasteiger partial charge is 0.481 e. The number of benzene rings is 2. The smallest absolute Gasteiger partial charge is 0.303 e. The molecule has 0 amide bonds. The van der Waals surface area contributed by atoms with Gasteiger partial charge in [-0.1, -0.05) is 48.9 Å². The quantitative estimate of drug-likeness (QED) is 0.615. The normalized spacial score (nSPS) is 12.2. The van der Waals surface area contributed by atoms with Gasteiger partial charge in [0.15, 0.2) is 0 Å². The predicted octanol–water partition coefficient (Wildman–Crippen LogP) is 3.77. The Morgan fingerprint density at radius 1 is 1.10 bits per heavy atom. The van der Waals surface area contributed by atoms with Crippen LogP contribution in [0.4, 0.5) is 0 Å². The van der Waals surface area contributed by atoms with Gasteiger partial charge in [-0.25, -0.2) is 0 Å². The Hall–Kier alpha value is -2.16. The van der Waals surface area contributed by atoms with Gasteiger partial charge in [0.05, 0.1) is 0 Å². The zero-order valence-electron chi connectivity index (χ0n) is 11.3. The van der Waals surface area contributed by atoms with Gasteiger partial charge in [-0.15, -0.1) is 0 Å². The summed E-state index contributed by atoms with van der Waals surface area (Å²) in [6.07, 6.45) is 3.21. The van der Waals surface area contributed by atoms with E-state index in [1.165, 1.54) is 0 Å². The minimum absolute atomic E-state index is 0.145. The average molecular weight is 270 g/mol. The van der Waals surface area contributed by atoms with Crippen LogP contribution in [-0.4, -0.2) is 17.4 Å². The SMILES string of the molecule is O=CC(CCCCC(=O)O)c1ccc2ccccc2c1. The molecule has 2 aromatic carbocycles. The molecule has 1 unspecified atom stereocenters. The van der Waals surface area contributed by atoms with Gasteiger partial charge in [0, 0.05) is 12.3 Å². The maximum atomic E-state index is 11.3. The molecule has 1 N–H and O–H groups in total. The zero-order valence-corrected chi connectivity index (χ0v) is 11.3. The molecule has 0 aliphatic carbocycles. The summed E-state index contributed by atoms with van der Waals surface area (Å²) in [6, 6.07) is 14.1. The maximum Gasteiger partial charge on any atom is 0.303 e. The van der Waals surface area contributed by atoms with Crippen LogP contribution in [0.2, 0.25) is 0 Å². The van der Waals surface area contributed by atoms with Gasteiger partial charge in [0.2, 0.25) is 0 Å². The molecule has 0 aliphatic rings. The molecule has 0 saturated carbocycles. The summed E-state index contributed by atoms with van der Waals surface area (Å²) in [7, 11) is 0. The predicted molar refractivity (Wildman–Crippen MR) is 78.9 cm³/mol. The molecule has 20 heavy (non-hydrogen) atoms. The van der Waals surface area contributed by atoms with Crippen LogP contribution in [0.1, 0.15) is 37.2 Å². The van der Waals surface area contributed by atoms with Gasteiger partial charge in [-0.2, -0.15) is 0 Å². The van der Waals surface area contributed by atoms with Crippen LogP contribution >= 0.6 is 0 Å². The van der Waals surface area contributed by atoms with E-state index in [9.17, 15) is 9.59 Å². The molecular weight excluding hydrogens is 252 g/mol. The van der Waals surface area contributed by atoms with Gasteiger partial charge in [0.1, 0.15) is 6.29 Å². The second-order valence-corrected chi connectivity index (χ2v) is 4.99. The molecular formula is C17H18O3. The van der Waals surface area contributed by atoms with E-state index in [1.54, 1.807) is 0 Å². The number of carbonyl (C=O) groups is 2. The third kappa shape index (κ3) is 3.67. The van der Waals surface area contributed by atoms with Crippen LogP contribution in [0.3, 0.4) is 0 Å². The van der Waals surface area contributed by atoms with Gasteiger partial charge in [-0.05, 0) is 29.2 Å². The fraction of sp³-hybridized carbons (Fsp3) is 0.294. The highest BCUT2D eigenvalue weighted by Crippen LogP contribution is 2.24. The zero-order chi connectivity index (χ0) is 14.4. The standard InChI is InChI=1S/C17H18O3/c18-12-16(7-3-4-8-17(19)20)15-10-9-13-5-1-2-6-14(13)11-15/h1-2,5-6,9-12,16H,3-4,7-8H2,(H,19,20). The first-order valence-electron chi connectivity index (χ1n) is 6.86. The van der Waals surface area contributed by atoms with Crippen molar-refractivity contribution in [2.24, 2.45) is 0 Å². The molecule has 2 rings (SSSR count). The van der Waals surface area contributed by atoms with Gasteiger partial charge in [-0.3, -0.25) is 4.79 Å². The first-order valence-corrected chi connectivity index (χ1v) is 6.86. The van der Waals surface area contributed by atoms with Crippen molar-refractivity contribution in [2.45, 2.75) is 31.6 Å². The van der Waals surface area contributed by atoms with E-state index in [2.05, 4.69) is 0 Å². The fourth-order valence-electron chi connectivity index (χ4n) is 2.39. The van der Waals surface area contributed by atoms with Gasteiger partial charge < -0.3 is 9.90 Å².